The van der Waals surface area contributed by atoms with Gasteiger partial charge in [0.1, 0.15) is 70.7 Å². The van der Waals surface area contributed by atoms with Gasteiger partial charge in [-0.3, -0.25) is 0 Å². The number of ether oxygens (including phenoxy) is 2. The van der Waals surface area contributed by atoms with Crippen LogP contribution in [0.3, 0.4) is 0 Å². The quantitative estimate of drug-likeness (QED) is 0.0817. The largest absolute Gasteiger partial charge is 0.512 e. The molecule has 146 heavy (non-hydrogen) atoms. The van der Waals surface area contributed by atoms with E-state index in [0.717, 1.165) is 179 Å². The Kier molecular flexibility index (Phi) is 31.5. The lowest BCUT2D eigenvalue weighted by molar-refractivity contribution is 0.300. The molecule has 2 aliphatic carbocycles. The second kappa shape index (κ2) is 41.5. The number of phenols is 4. The Balaban J connectivity index is 0.000000219. The number of rotatable bonds is 9. The Morgan fingerprint density at radius 1 is 0.212 bits per heavy atom. The monoisotopic (exact) mass is 2000 g/mol. The van der Waals surface area contributed by atoms with Crippen LogP contribution in [-0.2, 0) is 132 Å². The average molecular weight is 2000 g/mol. The standard InChI is InChI=1S/2C64H80O5Si.C6H14/c2*1-60(2,3)50-28-40-23-41-29-51(61(4,5)6)31-43(56(41)66)25-46-34-53(63(10,11)12)36-48-27-49-37-54(64(13,14)15)35-47(59(49)69-70(16,17)68-58(46)48)26-45-33-52(62(7,8)9)32-44(24-42(30-50)55(40)65)57(45)67-38-39-21-19-18-20-22-39;1-3-5-6-4-2/h2*18-22,28-37,65-66H,23-27,38H2,1-17H3;3-6H2,1-2H3. The van der Waals surface area contributed by atoms with Gasteiger partial charge in [-0.2, -0.15) is 0 Å². The van der Waals surface area contributed by atoms with Crippen LogP contribution in [0.25, 0.3) is 0 Å². The summed E-state index contributed by atoms with van der Waals surface area (Å²) in [7, 11) is -5.97. The number of fused-ring (bicyclic) bond motifs is 4. The normalized spacial score (nSPS) is 14.9. The van der Waals surface area contributed by atoms with Crippen molar-refractivity contribution >= 4 is 17.1 Å². The highest BCUT2D eigenvalue weighted by atomic mass is 28.4. The second-order valence-corrected chi connectivity index (χ2v) is 60.5. The van der Waals surface area contributed by atoms with Gasteiger partial charge in [0.2, 0.25) is 0 Å². The van der Waals surface area contributed by atoms with Crippen molar-refractivity contribution in [2.24, 2.45) is 0 Å². The smallest absolute Gasteiger partial charge is 0.454 e. The van der Waals surface area contributed by atoms with Crippen molar-refractivity contribution < 1.29 is 47.6 Å². The van der Waals surface area contributed by atoms with Crippen molar-refractivity contribution in [2.75, 3.05) is 0 Å². The van der Waals surface area contributed by atoms with Crippen LogP contribution in [0.15, 0.2) is 182 Å². The number of aromatic hydroxyl groups is 4. The van der Waals surface area contributed by atoms with E-state index >= 15 is 0 Å². The third-order valence-electron chi connectivity index (χ3n) is 29.8. The van der Waals surface area contributed by atoms with Crippen molar-refractivity contribution in [3.8, 4) is 57.5 Å². The molecule has 4 N–H and O–H groups in total. The summed E-state index contributed by atoms with van der Waals surface area (Å²) in [5, 5.41) is 50.8. The van der Waals surface area contributed by atoms with Gasteiger partial charge in [-0.15, -0.1) is 0 Å². The van der Waals surface area contributed by atoms with Gasteiger partial charge in [-0.05, 0) is 232 Å². The molecule has 4 aliphatic heterocycles. The predicted molar refractivity (Wildman–Crippen MR) is 615 cm³/mol. The first-order valence-corrected chi connectivity index (χ1v) is 59.7. The second-order valence-electron chi connectivity index (χ2n) is 54.0. The first kappa shape index (κ1) is 111. The fourth-order valence-electron chi connectivity index (χ4n) is 20.5. The molecule has 0 radical (unpaired) electrons. The summed E-state index contributed by atoms with van der Waals surface area (Å²) < 4.78 is 43.9. The van der Waals surface area contributed by atoms with E-state index in [0.29, 0.717) is 77.4 Å². The molecule has 0 unspecified atom stereocenters. The SMILES string of the molecule is CC(C)(C)c1cc2c(O)c(c1)Cc1cc(C(C)(C)C)cc(c1OCc1ccccc1)Cc1cc(C(C)(C)C)cc3c1O[Si](C)(C)Oc1c(cc(C(C)(C)C)cc1C3)Cc1cc(C(C)(C)C)cc(c1O)C2.CC(C)(C)c1cc2c(O)c(c1)Cc1cc(C(C)(C)C)cc(c1OCc1ccccc1)Cc1cc(C(C)(C)C)cc3c1O[Si](C)(C)Oc1c(cc(C(C)(C)C)cc1C3)Cc1cc(C(C)(C)C)cc(c1O)C2.CCCCCC. The molecule has 0 amide bonds. The summed E-state index contributed by atoms with van der Waals surface area (Å²) in [5.41, 5.74) is 31.6. The van der Waals surface area contributed by atoms with E-state index in [2.05, 4.69) is 418 Å². The lowest BCUT2D eigenvalue weighted by Gasteiger charge is -2.35. The summed E-state index contributed by atoms with van der Waals surface area (Å²) >= 11 is 0. The molecule has 18 rings (SSSR count). The molecule has 12 aromatic rings. The summed E-state index contributed by atoms with van der Waals surface area (Å²) in [6.45, 7) is 81.7. The molecule has 4 heterocycles. The molecule has 0 fully saturated rings. The summed E-state index contributed by atoms with van der Waals surface area (Å²) in [5.74, 6) is 6.15. The van der Waals surface area contributed by atoms with E-state index < -0.39 is 17.1 Å². The fourth-order valence-corrected chi connectivity index (χ4v) is 23.6. The minimum Gasteiger partial charge on any atom is -0.512 e. The Bertz CT molecular complexity index is 6400. The maximum atomic E-state index is 12.7. The molecule has 12 heteroatoms. The van der Waals surface area contributed by atoms with E-state index in [4.69, 9.17) is 27.2 Å². The van der Waals surface area contributed by atoms with E-state index in [1.54, 1.807) is 0 Å². The third kappa shape index (κ3) is 26.1. The fraction of sp³-hybridized carbons (Fsp3) is 0.463. The van der Waals surface area contributed by atoms with E-state index in [1.807, 2.05) is 12.1 Å². The number of benzene rings is 12. The molecular formula is C134H174O10Si2. The summed E-state index contributed by atoms with van der Waals surface area (Å²) in [6.07, 6.45) is 10.5. The number of unbranched alkanes of at least 4 members (excludes halogenated alkanes) is 3. The third-order valence-corrected chi connectivity index (χ3v) is 32.6. The molecule has 0 atom stereocenters. The van der Waals surface area contributed by atoms with Crippen LogP contribution in [0, 0.1) is 0 Å². The van der Waals surface area contributed by atoms with Crippen LogP contribution in [0.2, 0.25) is 26.2 Å². The number of hydrogen-bond donors (Lipinski definition) is 4. The van der Waals surface area contributed by atoms with Crippen molar-refractivity contribution in [2.45, 2.75) is 405 Å². The number of phenolic OH excluding ortho intramolecular Hbond substituents is 4. The highest BCUT2D eigenvalue weighted by Gasteiger charge is 2.42. The lowest BCUT2D eigenvalue weighted by atomic mass is 9.79. The molecular weight excluding hydrogens is 1830 g/mol. The van der Waals surface area contributed by atoms with Crippen LogP contribution >= 0.6 is 0 Å². The van der Waals surface area contributed by atoms with Gasteiger partial charge < -0.3 is 47.6 Å². The topological polar surface area (TPSA) is 136 Å². The Morgan fingerprint density at radius 2 is 0.349 bits per heavy atom. The van der Waals surface area contributed by atoms with Crippen molar-refractivity contribution in [1.29, 1.82) is 0 Å². The molecule has 778 valence electrons. The van der Waals surface area contributed by atoms with E-state index in [9.17, 15) is 20.4 Å². The van der Waals surface area contributed by atoms with Crippen LogP contribution < -0.4 is 27.2 Å². The molecule has 0 aromatic heterocycles. The maximum Gasteiger partial charge on any atom is 0.454 e. The first-order valence-electron chi connectivity index (χ1n) is 54.1. The number of hydrogen-bond acceptors (Lipinski definition) is 10. The maximum absolute atomic E-state index is 12.7. The zero-order valence-corrected chi connectivity index (χ0v) is 97.9. The summed E-state index contributed by atoms with van der Waals surface area (Å²) in [6, 6.07) is 66.3. The predicted octanol–water partition coefficient (Wildman–Crippen LogP) is 34.4. The minimum atomic E-state index is -2.99. The highest BCUT2D eigenvalue weighted by molar-refractivity contribution is 6.66. The molecule has 0 saturated carbocycles. The molecule has 10 nitrogen and oxygen atoms in total. The van der Waals surface area contributed by atoms with Crippen molar-refractivity contribution in [3.05, 3.63) is 360 Å². The zero-order chi connectivity index (χ0) is 107. The van der Waals surface area contributed by atoms with Crippen molar-refractivity contribution in [1.82, 2.24) is 0 Å². The molecule has 24 bridgehead atoms. The van der Waals surface area contributed by atoms with Gasteiger partial charge in [0, 0.05) is 90.4 Å². The van der Waals surface area contributed by atoms with Crippen LogP contribution in [0.1, 0.15) is 425 Å². The van der Waals surface area contributed by atoms with Crippen LogP contribution in [-0.4, -0.2) is 37.5 Å². The molecule has 0 spiro atoms. The van der Waals surface area contributed by atoms with Gasteiger partial charge in [0.15, 0.2) is 0 Å². The Hall–Kier alpha value is -10.9. The van der Waals surface area contributed by atoms with Gasteiger partial charge in [-0.1, -0.05) is 429 Å². The minimum absolute atomic E-state index is 0.156. The first-order chi connectivity index (χ1) is 67.6. The van der Waals surface area contributed by atoms with E-state index in [-0.39, 0.29) is 77.1 Å². The molecule has 12 aromatic carbocycles. The van der Waals surface area contributed by atoms with Crippen LogP contribution in [0.4, 0.5) is 0 Å². The van der Waals surface area contributed by atoms with E-state index in [1.165, 1.54) is 59.1 Å². The zero-order valence-electron chi connectivity index (χ0n) is 95.9. The molecule has 6 aliphatic rings. The van der Waals surface area contributed by atoms with Crippen LogP contribution in [0.5, 0.6) is 57.5 Å². The van der Waals surface area contributed by atoms with Gasteiger partial charge >= 0.3 is 17.1 Å². The summed E-state index contributed by atoms with van der Waals surface area (Å²) in [4.78, 5) is 0. The van der Waals surface area contributed by atoms with Gasteiger partial charge in [0.05, 0.1) is 0 Å². The highest BCUT2D eigenvalue weighted by Crippen LogP contribution is 2.52. The Morgan fingerprint density at radius 3 is 0.514 bits per heavy atom. The van der Waals surface area contributed by atoms with Crippen molar-refractivity contribution in [3.63, 3.8) is 0 Å². The lowest BCUT2D eigenvalue weighted by Crippen LogP contribution is -2.43. The molecule has 0 saturated heterocycles. The average Bonchev–Trinajstić information content (AvgIpc) is 0.747. The van der Waals surface area contributed by atoms with Gasteiger partial charge in [0.25, 0.3) is 0 Å². The Labute approximate surface area is 881 Å². The van der Waals surface area contributed by atoms with Gasteiger partial charge in [-0.25, -0.2) is 0 Å².